The number of aliphatic hydroxyl groups excluding tert-OH is 1. The Labute approximate surface area is 181 Å². The van der Waals surface area contributed by atoms with Gasteiger partial charge in [0.2, 0.25) is 5.91 Å². The number of hydrogen-bond donors (Lipinski definition) is 2. The third-order valence-corrected chi connectivity index (χ3v) is 4.96. The number of benzene rings is 2. The predicted molar refractivity (Wildman–Crippen MR) is 119 cm³/mol. The third-order valence-electron chi connectivity index (χ3n) is 3.35. The average molecular weight is 492 g/mol. The highest BCUT2D eigenvalue weighted by Gasteiger charge is 2.34. The van der Waals surface area contributed by atoms with Crippen molar-refractivity contribution < 1.29 is 23.2 Å². The summed E-state index contributed by atoms with van der Waals surface area (Å²) in [5, 5.41) is 7.57. The molecule has 0 spiro atoms. The fraction of sp³-hybridized carbons (Fsp3) is 0.381. The molecular weight excluding hydrogens is 463 g/mol. The lowest BCUT2D eigenvalue weighted by molar-refractivity contribution is -0.117. The van der Waals surface area contributed by atoms with Crippen molar-refractivity contribution in [2.75, 3.05) is 13.2 Å². The summed E-state index contributed by atoms with van der Waals surface area (Å²) in [6.45, 7) is 5.99. The number of carbonyl (C=O) groups is 1. The van der Waals surface area contributed by atoms with Crippen LogP contribution in [0, 0.1) is 0 Å². The summed E-state index contributed by atoms with van der Waals surface area (Å²) in [5.74, 6) is -0.502. The maximum Gasteiger partial charge on any atom is 0.312 e. The van der Waals surface area contributed by atoms with Crippen molar-refractivity contribution >= 4 is 30.6 Å². The van der Waals surface area contributed by atoms with E-state index in [-0.39, 0.29) is 29.7 Å². The fourth-order valence-electron chi connectivity index (χ4n) is 2.06. The molecule has 2 aromatic carbocycles. The molecule has 0 saturated heterocycles. The van der Waals surface area contributed by atoms with Gasteiger partial charge < -0.3 is 15.4 Å². The van der Waals surface area contributed by atoms with Gasteiger partial charge in [0.1, 0.15) is 0 Å². The molecule has 162 valence electrons. The first-order valence-electron chi connectivity index (χ1n) is 9.20. The van der Waals surface area contributed by atoms with Gasteiger partial charge in [-0.15, -0.1) is 0 Å². The van der Waals surface area contributed by atoms with Gasteiger partial charge in [-0.2, -0.15) is 8.78 Å². The van der Waals surface area contributed by atoms with Crippen LogP contribution in [-0.2, 0) is 27.8 Å². The van der Waals surface area contributed by atoms with Crippen LogP contribution in [0.1, 0.15) is 37.5 Å². The van der Waals surface area contributed by atoms with Crippen molar-refractivity contribution in [2.45, 2.75) is 39.3 Å². The van der Waals surface area contributed by atoms with Crippen LogP contribution >= 0.6 is 24.7 Å². The second-order valence-corrected chi connectivity index (χ2v) is 7.70. The topological polar surface area (TPSA) is 72.6 Å². The first-order valence-corrected chi connectivity index (χ1v) is 10.9. The quantitative estimate of drug-likeness (QED) is 0.509. The van der Waals surface area contributed by atoms with Gasteiger partial charge in [-0.25, -0.2) is 0 Å². The third kappa shape index (κ3) is 12.0. The molecule has 0 aliphatic heterocycles. The number of alkyl halides is 2. The fourth-order valence-corrected chi connectivity index (χ4v) is 3.57. The van der Waals surface area contributed by atoms with Gasteiger partial charge in [0.15, 0.2) is 0 Å². The minimum atomic E-state index is -3.04. The van der Waals surface area contributed by atoms with Crippen LogP contribution in [0.2, 0.25) is 0 Å². The lowest BCUT2D eigenvalue weighted by Crippen LogP contribution is -2.14. The molecule has 1 amide bonds. The van der Waals surface area contributed by atoms with Gasteiger partial charge >= 0.3 is 5.66 Å². The van der Waals surface area contributed by atoms with Crippen LogP contribution in [-0.4, -0.2) is 24.2 Å². The molecule has 0 fully saturated rings. The van der Waals surface area contributed by atoms with Crippen LogP contribution in [0.25, 0.3) is 0 Å². The Balaban J connectivity index is 0.000000586. The van der Waals surface area contributed by atoms with Gasteiger partial charge in [-0.1, -0.05) is 65.3 Å². The van der Waals surface area contributed by atoms with Gasteiger partial charge in [-0.05, 0) is 37.5 Å². The van der Waals surface area contributed by atoms with Crippen molar-refractivity contribution in [3.8, 4) is 0 Å². The van der Waals surface area contributed by atoms with Crippen LogP contribution in [0.5, 0.6) is 0 Å². The summed E-state index contributed by atoms with van der Waals surface area (Å²) < 4.78 is 32.6. The molecule has 0 aliphatic rings. The van der Waals surface area contributed by atoms with E-state index in [0.717, 1.165) is 6.42 Å². The largest absolute Gasteiger partial charge is 0.397 e. The molecule has 0 bridgehead atoms. The van der Waals surface area contributed by atoms with E-state index in [1.54, 1.807) is 13.8 Å². The van der Waals surface area contributed by atoms with Crippen molar-refractivity contribution in [1.82, 2.24) is 0 Å². The van der Waals surface area contributed by atoms with Crippen LogP contribution in [0.4, 0.5) is 8.78 Å². The van der Waals surface area contributed by atoms with E-state index < -0.39 is 20.4 Å². The number of carbonyl (C=O) groups excluding carboxylic acids is 1. The molecule has 0 heterocycles. The zero-order chi connectivity index (χ0) is 22.3. The van der Waals surface area contributed by atoms with Crippen molar-refractivity contribution in [3.63, 3.8) is 0 Å². The summed E-state index contributed by atoms with van der Waals surface area (Å²) in [4.78, 5) is 10.7. The molecule has 0 aliphatic carbocycles. The molecule has 8 heteroatoms. The smallest absolute Gasteiger partial charge is 0.312 e. The number of aliphatic hydroxyl groups is 1. The standard InChI is InChI=1S/C11H13BrF2NO2P.C8H10.C2H6O/c1-2-17-18-11(13,14)8-4-3-7(5-9(8)12)6-10(15)16;1-2-8-6-4-3-5-7-8;1-2-3/h3-5,18H,2,6H2,1H3,(H2,15,16);3-7H,2H2,1H3;3H,2H2,1H3. The van der Waals surface area contributed by atoms with E-state index in [1.807, 2.05) is 6.07 Å². The minimum absolute atomic E-state index is 0.0260. The molecule has 29 heavy (non-hydrogen) atoms. The van der Waals surface area contributed by atoms with E-state index in [9.17, 15) is 13.6 Å². The van der Waals surface area contributed by atoms with E-state index in [4.69, 9.17) is 15.4 Å². The Morgan fingerprint density at radius 1 is 1.14 bits per heavy atom. The lowest BCUT2D eigenvalue weighted by atomic mass is 10.1. The van der Waals surface area contributed by atoms with E-state index in [2.05, 4.69) is 47.1 Å². The summed E-state index contributed by atoms with van der Waals surface area (Å²) in [6.07, 6.45) is 1.17. The highest BCUT2D eigenvalue weighted by atomic mass is 79.9. The van der Waals surface area contributed by atoms with Crippen molar-refractivity contribution in [1.29, 1.82) is 0 Å². The maximum atomic E-state index is 13.8. The first-order chi connectivity index (χ1) is 13.7. The molecule has 1 unspecified atom stereocenters. The Morgan fingerprint density at radius 2 is 1.72 bits per heavy atom. The summed E-state index contributed by atoms with van der Waals surface area (Å²) in [7, 11) is -0.929. The Morgan fingerprint density at radius 3 is 2.14 bits per heavy atom. The SMILES string of the molecule is CCO.CCOPC(F)(F)c1ccc(CC(N)=O)cc1Br.CCc1ccccc1. The highest BCUT2D eigenvalue weighted by Crippen LogP contribution is 2.47. The minimum Gasteiger partial charge on any atom is -0.397 e. The maximum absolute atomic E-state index is 13.8. The number of aryl methyl sites for hydroxylation is 1. The molecule has 3 N–H and O–H groups in total. The van der Waals surface area contributed by atoms with Crippen molar-refractivity contribution in [2.24, 2.45) is 5.73 Å². The van der Waals surface area contributed by atoms with E-state index >= 15 is 0 Å². The number of primary amides is 1. The van der Waals surface area contributed by atoms with Crippen LogP contribution < -0.4 is 5.73 Å². The number of nitrogens with two attached hydrogens (primary N) is 1. The summed E-state index contributed by atoms with van der Waals surface area (Å²) in [5.41, 5.74) is 3.85. The molecule has 1 atom stereocenters. The summed E-state index contributed by atoms with van der Waals surface area (Å²) >= 11 is 3.08. The summed E-state index contributed by atoms with van der Waals surface area (Å²) in [6, 6.07) is 14.7. The zero-order valence-electron chi connectivity index (χ0n) is 16.9. The Kier molecular flexibility index (Phi) is 14.7. The molecule has 2 aromatic rings. The van der Waals surface area contributed by atoms with Crippen molar-refractivity contribution in [3.05, 3.63) is 69.7 Å². The first kappa shape index (κ1) is 27.6. The molecule has 0 radical (unpaired) electrons. The number of hydrogen-bond acceptors (Lipinski definition) is 3. The molecule has 0 aromatic heterocycles. The molecule has 0 saturated carbocycles. The van der Waals surface area contributed by atoms with Gasteiger partial charge in [0, 0.05) is 23.2 Å². The Hall–Kier alpha value is -1.40. The monoisotopic (exact) mass is 491 g/mol. The predicted octanol–water partition coefficient (Wildman–Crippen LogP) is 5.40. The normalized spacial score (nSPS) is 10.7. The highest BCUT2D eigenvalue weighted by molar-refractivity contribution is 9.10. The second kappa shape index (κ2) is 15.4. The lowest BCUT2D eigenvalue weighted by Gasteiger charge is -2.18. The van der Waals surface area contributed by atoms with E-state index in [0.29, 0.717) is 5.56 Å². The van der Waals surface area contributed by atoms with Gasteiger partial charge in [-0.3, -0.25) is 4.79 Å². The molecule has 2 rings (SSSR count). The van der Waals surface area contributed by atoms with Crippen LogP contribution in [0.15, 0.2) is 53.0 Å². The van der Waals surface area contributed by atoms with Gasteiger partial charge in [0.25, 0.3) is 0 Å². The van der Waals surface area contributed by atoms with E-state index in [1.165, 1.54) is 23.8 Å². The second-order valence-electron chi connectivity index (χ2n) is 5.72. The van der Waals surface area contributed by atoms with Gasteiger partial charge in [0.05, 0.1) is 15.2 Å². The average Bonchev–Trinajstić information content (AvgIpc) is 2.67. The molecule has 4 nitrogen and oxygen atoms in total. The molecular formula is C21H29BrF2NO3P. The zero-order valence-corrected chi connectivity index (χ0v) is 19.5. The number of amides is 1. The number of halogens is 3. The van der Waals surface area contributed by atoms with Crippen LogP contribution in [0.3, 0.4) is 0 Å². The number of rotatable bonds is 7. The Bertz CT molecular complexity index is 718.